The number of anilines is 3. The van der Waals surface area contributed by atoms with Crippen molar-refractivity contribution in [3.63, 3.8) is 0 Å². The summed E-state index contributed by atoms with van der Waals surface area (Å²) in [6.07, 6.45) is 1.01. The third-order valence-electron chi connectivity index (χ3n) is 2.70. The van der Waals surface area contributed by atoms with E-state index in [4.69, 9.17) is 15.3 Å². The molecule has 0 aliphatic rings. The van der Waals surface area contributed by atoms with Crippen LogP contribution in [-0.4, -0.2) is 51.7 Å². The van der Waals surface area contributed by atoms with Gasteiger partial charge in [-0.2, -0.15) is 0 Å². The Kier molecular flexibility index (Phi) is 6.30. The third kappa shape index (κ3) is 5.33. The Morgan fingerprint density at radius 1 is 1.08 bits per heavy atom. The minimum Gasteiger partial charge on any atom is -0.480 e. The highest BCUT2D eigenvalue weighted by Gasteiger charge is 2.26. The van der Waals surface area contributed by atoms with E-state index in [9.17, 15) is 19.2 Å². The molecule has 0 aliphatic carbocycles. The number of carbonyl (C=O) groups is 4. The number of aliphatic carboxylic acids is 3. The maximum Gasteiger partial charge on any atom is 0.337 e. The van der Waals surface area contributed by atoms with Gasteiger partial charge in [0.25, 0.3) is 0 Å². The Labute approximate surface area is 135 Å². The Bertz CT molecular complexity index is 673. The Morgan fingerprint density at radius 3 is 2.21 bits per heavy atom. The van der Waals surface area contributed by atoms with Gasteiger partial charge in [-0.25, -0.2) is 9.59 Å². The summed E-state index contributed by atoms with van der Waals surface area (Å²) in [5, 5.41) is 33.7. The molecule has 0 aromatic heterocycles. The van der Waals surface area contributed by atoms with Crippen LogP contribution >= 0.6 is 0 Å². The Hall–Kier alpha value is -3.56. The molecule has 1 aromatic rings. The predicted molar refractivity (Wildman–Crippen MR) is 84.1 cm³/mol. The molecule has 0 radical (unpaired) electrons. The van der Waals surface area contributed by atoms with Crippen LogP contribution in [0.4, 0.5) is 17.1 Å². The number of carbonyl (C=O) groups excluding carboxylic acids is 1. The zero-order valence-electron chi connectivity index (χ0n) is 12.3. The largest absolute Gasteiger partial charge is 0.480 e. The van der Waals surface area contributed by atoms with Crippen molar-refractivity contribution in [2.24, 2.45) is 0 Å². The van der Waals surface area contributed by atoms with E-state index < -0.39 is 36.4 Å². The van der Waals surface area contributed by atoms with E-state index in [1.807, 2.05) is 0 Å². The number of nitrogens with one attached hydrogen (secondary N) is 3. The number of hydrogen-bond acceptors (Lipinski definition) is 6. The SMILES string of the molecule is C=CC(=O)Nc1ccc(NCC(=O)O)c(NC(C(=O)O)C(=O)O)c1. The average Bonchev–Trinajstić information content (AvgIpc) is 2.50. The normalized spacial score (nSPS) is 9.88. The number of rotatable bonds is 9. The smallest absolute Gasteiger partial charge is 0.337 e. The third-order valence-corrected chi connectivity index (χ3v) is 2.70. The summed E-state index contributed by atoms with van der Waals surface area (Å²) in [5.41, 5.74) is 0.382. The van der Waals surface area contributed by atoms with Crippen molar-refractivity contribution in [1.29, 1.82) is 0 Å². The number of amides is 1. The second-order valence-electron chi connectivity index (χ2n) is 4.45. The first kappa shape index (κ1) is 18.5. The quantitative estimate of drug-likeness (QED) is 0.274. The van der Waals surface area contributed by atoms with E-state index in [0.717, 1.165) is 6.08 Å². The average molecular weight is 337 g/mol. The molecule has 1 aromatic carbocycles. The van der Waals surface area contributed by atoms with Gasteiger partial charge >= 0.3 is 17.9 Å². The van der Waals surface area contributed by atoms with Crippen molar-refractivity contribution in [2.75, 3.05) is 22.5 Å². The monoisotopic (exact) mass is 337 g/mol. The Morgan fingerprint density at radius 2 is 1.71 bits per heavy atom. The molecule has 0 heterocycles. The van der Waals surface area contributed by atoms with E-state index in [-0.39, 0.29) is 17.1 Å². The molecule has 0 bridgehead atoms. The van der Waals surface area contributed by atoms with Crippen LogP contribution in [0.25, 0.3) is 0 Å². The Balaban J connectivity index is 3.16. The maximum absolute atomic E-state index is 11.3. The fourth-order valence-corrected chi connectivity index (χ4v) is 1.64. The molecule has 0 fully saturated rings. The molecule has 10 heteroatoms. The molecule has 10 nitrogen and oxygen atoms in total. The summed E-state index contributed by atoms with van der Waals surface area (Å²) >= 11 is 0. The van der Waals surface area contributed by atoms with Crippen molar-refractivity contribution >= 4 is 40.9 Å². The standard InChI is InChI=1S/C14H15N3O7/c1-2-10(18)16-7-3-4-8(15-6-11(19)20)9(5-7)17-12(13(21)22)14(23)24/h2-5,12,15,17H,1,6H2,(H,16,18)(H,19,20)(H,21,22)(H,23,24). The van der Waals surface area contributed by atoms with E-state index in [1.54, 1.807) is 0 Å². The second kappa shape index (κ2) is 8.17. The van der Waals surface area contributed by atoms with Crippen LogP contribution in [0.2, 0.25) is 0 Å². The lowest BCUT2D eigenvalue weighted by atomic mass is 10.2. The van der Waals surface area contributed by atoms with Gasteiger partial charge in [0.2, 0.25) is 11.9 Å². The van der Waals surface area contributed by atoms with Gasteiger partial charge in [0.05, 0.1) is 11.4 Å². The molecule has 0 spiro atoms. The minimum absolute atomic E-state index is 0.00656. The van der Waals surface area contributed by atoms with Gasteiger partial charge in [-0.05, 0) is 24.3 Å². The summed E-state index contributed by atoms with van der Waals surface area (Å²) < 4.78 is 0. The lowest BCUT2D eigenvalue weighted by Crippen LogP contribution is -2.37. The number of benzene rings is 1. The van der Waals surface area contributed by atoms with Gasteiger partial charge < -0.3 is 31.3 Å². The fourth-order valence-electron chi connectivity index (χ4n) is 1.64. The minimum atomic E-state index is -1.96. The highest BCUT2D eigenvalue weighted by Crippen LogP contribution is 2.26. The zero-order valence-corrected chi connectivity index (χ0v) is 12.3. The van der Waals surface area contributed by atoms with Gasteiger partial charge in [0, 0.05) is 5.69 Å². The van der Waals surface area contributed by atoms with E-state index in [1.165, 1.54) is 18.2 Å². The number of hydrogen-bond donors (Lipinski definition) is 6. The highest BCUT2D eigenvalue weighted by atomic mass is 16.4. The van der Waals surface area contributed by atoms with Gasteiger partial charge in [-0.1, -0.05) is 6.58 Å². The van der Waals surface area contributed by atoms with Crippen LogP contribution in [0.1, 0.15) is 0 Å². The van der Waals surface area contributed by atoms with Crippen molar-refractivity contribution in [1.82, 2.24) is 0 Å². The maximum atomic E-state index is 11.3. The first-order chi connectivity index (χ1) is 11.2. The molecule has 0 atom stereocenters. The van der Waals surface area contributed by atoms with Crippen LogP contribution in [-0.2, 0) is 19.2 Å². The van der Waals surface area contributed by atoms with E-state index in [0.29, 0.717) is 0 Å². The summed E-state index contributed by atoms with van der Waals surface area (Å²) in [5.74, 6) is -4.96. The van der Waals surface area contributed by atoms with Crippen LogP contribution in [0.5, 0.6) is 0 Å². The van der Waals surface area contributed by atoms with Crippen molar-refractivity contribution in [2.45, 2.75) is 6.04 Å². The fraction of sp³-hybridized carbons (Fsp3) is 0.143. The van der Waals surface area contributed by atoms with E-state index in [2.05, 4.69) is 22.5 Å². The molecule has 128 valence electrons. The lowest BCUT2D eigenvalue weighted by molar-refractivity contribution is -0.148. The topological polar surface area (TPSA) is 165 Å². The summed E-state index contributed by atoms with van der Waals surface area (Å²) in [6.45, 7) is 2.81. The summed E-state index contributed by atoms with van der Waals surface area (Å²) in [6, 6.07) is 2.10. The molecule has 1 rings (SSSR count). The van der Waals surface area contributed by atoms with Gasteiger partial charge in [-0.15, -0.1) is 0 Å². The molecular formula is C14H15N3O7. The van der Waals surface area contributed by atoms with Gasteiger partial charge in [0.15, 0.2) is 0 Å². The molecular weight excluding hydrogens is 322 g/mol. The molecule has 6 N–H and O–H groups in total. The van der Waals surface area contributed by atoms with E-state index >= 15 is 0 Å². The lowest BCUT2D eigenvalue weighted by Gasteiger charge is -2.17. The van der Waals surface area contributed by atoms with Crippen molar-refractivity contribution in [3.05, 3.63) is 30.9 Å². The molecule has 0 aliphatic heterocycles. The second-order valence-corrected chi connectivity index (χ2v) is 4.45. The first-order valence-corrected chi connectivity index (χ1v) is 6.50. The van der Waals surface area contributed by atoms with Crippen molar-refractivity contribution < 1.29 is 34.5 Å². The van der Waals surface area contributed by atoms with Crippen LogP contribution in [0.3, 0.4) is 0 Å². The molecule has 0 unspecified atom stereocenters. The summed E-state index contributed by atoms with van der Waals surface area (Å²) in [7, 11) is 0. The highest BCUT2D eigenvalue weighted by molar-refractivity contribution is 6.02. The molecule has 0 saturated carbocycles. The predicted octanol–water partition coefficient (Wildman–Crippen LogP) is 0.257. The van der Waals surface area contributed by atoms with Crippen molar-refractivity contribution in [3.8, 4) is 0 Å². The summed E-state index contributed by atoms with van der Waals surface area (Å²) in [4.78, 5) is 43.9. The van der Waals surface area contributed by atoms with Crippen LogP contribution < -0.4 is 16.0 Å². The van der Waals surface area contributed by atoms with Gasteiger partial charge in [-0.3, -0.25) is 9.59 Å². The van der Waals surface area contributed by atoms with Crippen LogP contribution in [0.15, 0.2) is 30.9 Å². The molecule has 1 amide bonds. The first-order valence-electron chi connectivity index (χ1n) is 6.50. The van der Waals surface area contributed by atoms with Crippen LogP contribution in [0, 0.1) is 0 Å². The number of carboxylic acids is 3. The van der Waals surface area contributed by atoms with Gasteiger partial charge in [0.1, 0.15) is 6.54 Å². The molecule has 24 heavy (non-hydrogen) atoms. The number of carboxylic acid groups (broad SMARTS) is 3. The molecule has 0 saturated heterocycles. The zero-order chi connectivity index (χ0) is 18.3.